The summed E-state index contributed by atoms with van der Waals surface area (Å²) in [6, 6.07) is 8.44. The number of nitrogens with two attached hydrogens (primary N) is 1. The molecular formula is C14H16N6S. The summed E-state index contributed by atoms with van der Waals surface area (Å²) in [4.78, 5) is 18.9. The summed E-state index contributed by atoms with van der Waals surface area (Å²) in [6.07, 6.45) is 3.67. The Morgan fingerprint density at radius 2 is 2.19 bits per heavy atom. The molecule has 3 N–H and O–H groups in total. The van der Waals surface area contributed by atoms with Crippen molar-refractivity contribution in [2.24, 2.45) is 0 Å². The molecule has 0 bridgehead atoms. The minimum Gasteiger partial charge on any atom is -0.368 e. The second-order valence-electron chi connectivity index (χ2n) is 4.71. The van der Waals surface area contributed by atoms with Crippen LogP contribution in [-0.4, -0.2) is 33.2 Å². The summed E-state index contributed by atoms with van der Waals surface area (Å²) < 4.78 is 0. The second kappa shape index (κ2) is 5.61. The number of aromatic nitrogens is 4. The Labute approximate surface area is 126 Å². The van der Waals surface area contributed by atoms with Gasteiger partial charge >= 0.3 is 0 Å². The monoisotopic (exact) mass is 300 g/mol. The van der Waals surface area contributed by atoms with Crippen molar-refractivity contribution in [3.8, 4) is 0 Å². The van der Waals surface area contributed by atoms with Crippen LogP contribution in [-0.2, 0) is 6.54 Å². The molecule has 6 nitrogen and oxygen atoms in total. The van der Waals surface area contributed by atoms with E-state index in [1.54, 1.807) is 18.1 Å². The number of rotatable bonds is 4. The molecule has 0 aliphatic rings. The van der Waals surface area contributed by atoms with Crippen LogP contribution in [0.5, 0.6) is 0 Å². The smallest absolute Gasteiger partial charge is 0.224 e. The zero-order valence-corrected chi connectivity index (χ0v) is 12.7. The van der Waals surface area contributed by atoms with Crippen molar-refractivity contribution in [2.45, 2.75) is 11.4 Å². The van der Waals surface area contributed by atoms with E-state index in [1.165, 1.54) is 10.5 Å². The Kier molecular flexibility index (Phi) is 3.66. The van der Waals surface area contributed by atoms with Gasteiger partial charge in [0.25, 0.3) is 0 Å². The van der Waals surface area contributed by atoms with E-state index in [0.29, 0.717) is 5.65 Å². The molecule has 21 heavy (non-hydrogen) atoms. The first-order valence-corrected chi connectivity index (χ1v) is 7.70. The Hall–Kier alpha value is -2.28. The third kappa shape index (κ3) is 2.78. The highest BCUT2D eigenvalue weighted by molar-refractivity contribution is 7.98. The van der Waals surface area contributed by atoms with Crippen molar-refractivity contribution in [2.75, 3.05) is 23.9 Å². The van der Waals surface area contributed by atoms with Gasteiger partial charge in [0.15, 0.2) is 11.5 Å². The summed E-state index contributed by atoms with van der Waals surface area (Å²) in [7, 11) is 1.98. The first-order chi connectivity index (χ1) is 10.2. The number of thioether (sulfide) groups is 1. The average molecular weight is 300 g/mol. The number of nitrogens with zero attached hydrogens (tertiary/aromatic N) is 4. The zero-order valence-electron chi connectivity index (χ0n) is 11.9. The quantitative estimate of drug-likeness (QED) is 0.719. The van der Waals surface area contributed by atoms with E-state index < -0.39 is 0 Å². The number of fused-ring (bicyclic) bond motifs is 1. The fourth-order valence-electron chi connectivity index (χ4n) is 2.23. The molecule has 0 saturated heterocycles. The highest BCUT2D eigenvalue weighted by Gasteiger charge is 2.13. The summed E-state index contributed by atoms with van der Waals surface area (Å²) in [6.45, 7) is 0.735. The second-order valence-corrected chi connectivity index (χ2v) is 5.59. The number of H-pyrrole nitrogens is 1. The van der Waals surface area contributed by atoms with Crippen LogP contribution in [0.4, 0.5) is 11.8 Å². The molecule has 0 aliphatic heterocycles. The molecule has 0 amide bonds. The zero-order chi connectivity index (χ0) is 14.8. The lowest BCUT2D eigenvalue weighted by Crippen LogP contribution is -2.19. The van der Waals surface area contributed by atoms with Crippen LogP contribution < -0.4 is 10.6 Å². The van der Waals surface area contributed by atoms with Crippen molar-refractivity contribution in [3.63, 3.8) is 0 Å². The van der Waals surface area contributed by atoms with Crippen molar-refractivity contribution >= 4 is 34.7 Å². The van der Waals surface area contributed by atoms with E-state index in [-0.39, 0.29) is 5.95 Å². The topological polar surface area (TPSA) is 83.7 Å². The molecule has 3 aromatic rings. The molecule has 0 atom stereocenters. The van der Waals surface area contributed by atoms with Gasteiger partial charge in [-0.25, -0.2) is 4.98 Å². The van der Waals surface area contributed by atoms with Gasteiger partial charge in [-0.3, -0.25) is 0 Å². The van der Waals surface area contributed by atoms with Crippen LogP contribution in [0.25, 0.3) is 11.2 Å². The van der Waals surface area contributed by atoms with Crippen molar-refractivity contribution in [3.05, 3.63) is 36.2 Å². The third-order valence-electron chi connectivity index (χ3n) is 3.20. The van der Waals surface area contributed by atoms with Gasteiger partial charge in [-0.2, -0.15) is 9.97 Å². The molecule has 3 rings (SSSR count). The number of hydrogen-bond acceptors (Lipinski definition) is 6. The molecule has 1 aromatic carbocycles. The molecule has 0 aliphatic carbocycles. The molecule has 2 aromatic heterocycles. The molecule has 7 heteroatoms. The predicted molar refractivity (Wildman–Crippen MR) is 86.4 cm³/mol. The largest absolute Gasteiger partial charge is 0.368 e. The lowest BCUT2D eigenvalue weighted by molar-refractivity contribution is 0.897. The number of imidazole rings is 1. The standard InChI is InChI=1S/C14H16N6S/c1-20(7-9-4-3-5-10(6-9)21-2)13-11-12(17-8-16-11)18-14(15)19-13/h3-6,8H,7H2,1-2H3,(H3,15,16,17,18,19). The number of hydrogen-bond donors (Lipinski definition) is 2. The van der Waals surface area contributed by atoms with E-state index in [1.807, 2.05) is 11.9 Å². The Morgan fingerprint density at radius 3 is 3.00 bits per heavy atom. The van der Waals surface area contributed by atoms with Crippen LogP contribution in [0.2, 0.25) is 0 Å². The van der Waals surface area contributed by atoms with Gasteiger partial charge in [-0.05, 0) is 24.0 Å². The lowest BCUT2D eigenvalue weighted by atomic mass is 10.2. The Balaban J connectivity index is 1.93. The normalized spacial score (nSPS) is 11.0. The predicted octanol–water partition coefficient (Wildman–Crippen LogP) is 2.29. The third-order valence-corrected chi connectivity index (χ3v) is 3.92. The molecule has 2 heterocycles. The van der Waals surface area contributed by atoms with Gasteiger partial charge in [0.2, 0.25) is 5.95 Å². The van der Waals surface area contributed by atoms with Crippen molar-refractivity contribution in [1.29, 1.82) is 0 Å². The maximum absolute atomic E-state index is 5.75. The van der Waals surface area contributed by atoms with Crippen LogP contribution in [0, 0.1) is 0 Å². The number of nitrogen functional groups attached to an aromatic ring is 1. The Bertz CT molecular complexity index is 769. The highest BCUT2D eigenvalue weighted by atomic mass is 32.2. The van der Waals surface area contributed by atoms with Crippen LogP contribution in [0.3, 0.4) is 0 Å². The molecular weight excluding hydrogens is 284 g/mol. The molecule has 0 spiro atoms. The number of benzene rings is 1. The number of anilines is 2. The van der Waals surface area contributed by atoms with E-state index in [4.69, 9.17) is 5.73 Å². The Morgan fingerprint density at radius 1 is 1.33 bits per heavy atom. The minimum absolute atomic E-state index is 0.231. The van der Waals surface area contributed by atoms with Gasteiger partial charge in [0.05, 0.1) is 6.33 Å². The molecule has 0 fully saturated rings. The first kappa shape index (κ1) is 13.7. The molecule has 0 radical (unpaired) electrons. The maximum atomic E-state index is 5.75. The highest BCUT2D eigenvalue weighted by Crippen LogP contribution is 2.23. The number of aromatic amines is 1. The van der Waals surface area contributed by atoms with Crippen LogP contribution in [0.15, 0.2) is 35.5 Å². The number of nitrogens with one attached hydrogen (secondary N) is 1. The SMILES string of the molecule is CSc1cccc(CN(C)c2nc(N)nc3nc[nH]c23)c1. The summed E-state index contributed by atoms with van der Waals surface area (Å²) >= 11 is 1.73. The molecule has 108 valence electrons. The van der Waals surface area contributed by atoms with Crippen LogP contribution >= 0.6 is 11.8 Å². The fourth-order valence-corrected chi connectivity index (χ4v) is 2.71. The minimum atomic E-state index is 0.231. The van der Waals surface area contributed by atoms with Gasteiger partial charge in [0.1, 0.15) is 5.52 Å². The van der Waals surface area contributed by atoms with Gasteiger partial charge < -0.3 is 15.6 Å². The summed E-state index contributed by atoms with van der Waals surface area (Å²) in [5.41, 5.74) is 8.36. The lowest BCUT2D eigenvalue weighted by Gasteiger charge is -2.19. The van der Waals surface area contributed by atoms with E-state index in [0.717, 1.165) is 17.9 Å². The van der Waals surface area contributed by atoms with Crippen molar-refractivity contribution in [1.82, 2.24) is 19.9 Å². The summed E-state index contributed by atoms with van der Waals surface area (Å²) in [5.74, 6) is 0.985. The van der Waals surface area contributed by atoms with E-state index in [2.05, 4.69) is 50.5 Å². The van der Waals surface area contributed by atoms with Gasteiger partial charge in [0, 0.05) is 18.5 Å². The summed E-state index contributed by atoms with van der Waals surface area (Å²) in [5, 5.41) is 0. The first-order valence-electron chi connectivity index (χ1n) is 6.48. The van der Waals surface area contributed by atoms with E-state index in [9.17, 15) is 0 Å². The fraction of sp³-hybridized carbons (Fsp3) is 0.214. The van der Waals surface area contributed by atoms with Crippen LogP contribution in [0.1, 0.15) is 5.56 Å². The maximum Gasteiger partial charge on any atom is 0.224 e. The van der Waals surface area contributed by atoms with Gasteiger partial charge in [-0.1, -0.05) is 12.1 Å². The van der Waals surface area contributed by atoms with Gasteiger partial charge in [-0.15, -0.1) is 11.8 Å². The molecule has 0 unspecified atom stereocenters. The van der Waals surface area contributed by atoms with E-state index >= 15 is 0 Å². The average Bonchev–Trinajstić information content (AvgIpc) is 2.94. The molecule has 0 saturated carbocycles. The van der Waals surface area contributed by atoms with Crippen molar-refractivity contribution < 1.29 is 0 Å².